The first-order valence-electron chi connectivity index (χ1n) is 7.19. The van der Waals surface area contributed by atoms with Crippen LogP contribution in [0.2, 0.25) is 0 Å². The van der Waals surface area contributed by atoms with Crippen LogP contribution in [-0.2, 0) is 30.2 Å². The Hall–Kier alpha value is -1.98. The molecule has 2 N–H and O–H groups in total. The second-order valence-corrected chi connectivity index (χ2v) is 4.67. The van der Waals surface area contributed by atoms with Crippen molar-refractivity contribution in [1.29, 1.82) is 0 Å². The number of nitrogens with zero attached hydrogens (tertiary/aromatic N) is 2. The number of aryl methyl sites for hydroxylation is 2. The summed E-state index contributed by atoms with van der Waals surface area (Å²) in [5.74, 6) is -0.488. The first-order chi connectivity index (χ1) is 10.5. The molecular formula is C16H21FeN2O4-. The number of unbranched alkanes of at least 4 members (excludes halogenated alkanes) is 1. The Morgan fingerprint density at radius 3 is 2.35 bits per heavy atom. The summed E-state index contributed by atoms with van der Waals surface area (Å²) in [5, 5.41) is 17.9. The van der Waals surface area contributed by atoms with Crippen molar-refractivity contribution in [2.75, 3.05) is 0 Å². The summed E-state index contributed by atoms with van der Waals surface area (Å²) < 4.78 is 3.13. The van der Waals surface area contributed by atoms with Gasteiger partial charge in [-0.1, -0.05) is 19.5 Å². The number of aromatic nitrogens is 2. The largest absolute Gasteiger partial charge is 0.529 e. The molecular weight excluding hydrogens is 340 g/mol. The summed E-state index contributed by atoms with van der Waals surface area (Å²) in [6.45, 7) is 5.32. The molecule has 6 nitrogen and oxygen atoms in total. The summed E-state index contributed by atoms with van der Waals surface area (Å²) in [7, 11) is 0. The van der Waals surface area contributed by atoms with E-state index in [1.165, 1.54) is 16.7 Å². The molecule has 128 valence electrons. The van der Waals surface area contributed by atoms with Crippen LogP contribution in [-0.4, -0.2) is 19.3 Å². The molecule has 0 atom stereocenters. The van der Waals surface area contributed by atoms with Crippen molar-refractivity contribution in [3.8, 4) is 11.5 Å². The van der Waals surface area contributed by atoms with Gasteiger partial charge in [0.15, 0.2) is 5.75 Å². The topological polar surface area (TPSA) is 84.5 Å². The van der Waals surface area contributed by atoms with Crippen molar-refractivity contribution >= 4 is 0 Å². The van der Waals surface area contributed by atoms with E-state index in [1.54, 1.807) is 23.0 Å². The molecule has 7 heteroatoms. The second kappa shape index (κ2) is 10.7. The van der Waals surface area contributed by atoms with Gasteiger partial charge in [-0.25, -0.2) is 0 Å². The van der Waals surface area contributed by atoms with E-state index in [1.807, 2.05) is 6.92 Å². The maximum atomic E-state index is 10.9. The molecule has 0 spiro atoms. The Morgan fingerprint density at radius 2 is 1.83 bits per heavy atom. The first kappa shape index (κ1) is 21.0. The fourth-order valence-electron chi connectivity index (χ4n) is 1.70. The average molecular weight is 361 g/mol. The zero-order valence-electron chi connectivity index (χ0n) is 13.2. The minimum atomic E-state index is -0.372. The summed E-state index contributed by atoms with van der Waals surface area (Å²) >= 11 is 0. The molecule has 0 fully saturated rings. The van der Waals surface area contributed by atoms with Gasteiger partial charge in [-0.3, -0.25) is 4.79 Å². The van der Waals surface area contributed by atoms with E-state index >= 15 is 0 Å². The molecule has 0 aliphatic carbocycles. The van der Waals surface area contributed by atoms with Gasteiger partial charge in [0.05, 0.1) is 5.75 Å². The molecule has 2 rings (SSSR count). The predicted octanol–water partition coefficient (Wildman–Crippen LogP) is 1.73. The summed E-state index contributed by atoms with van der Waals surface area (Å²) in [6, 6.07) is 4.37. The van der Waals surface area contributed by atoms with Crippen LogP contribution in [0.25, 0.3) is 0 Å². The van der Waals surface area contributed by atoms with E-state index in [0.29, 0.717) is 6.54 Å². The van der Waals surface area contributed by atoms with Gasteiger partial charge in [-0.2, -0.15) is 0 Å². The number of pyridine rings is 2. The molecule has 23 heavy (non-hydrogen) atoms. The Labute approximate surface area is 145 Å². The minimum absolute atomic E-state index is 0. The fraction of sp³-hybridized carbons (Fsp3) is 0.375. The van der Waals surface area contributed by atoms with Gasteiger partial charge in [0, 0.05) is 29.8 Å². The van der Waals surface area contributed by atoms with Gasteiger partial charge >= 0.3 is 0 Å². The van der Waals surface area contributed by atoms with Crippen LogP contribution in [0.15, 0.2) is 40.2 Å². The molecule has 0 saturated heterocycles. The van der Waals surface area contributed by atoms with Gasteiger partial charge in [-0.05, 0) is 32.0 Å². The molecule has 0 amide bonds. The van der Waals surface area contributed by atoms with Crippen molar-refractivity contribution in [3.63, 3.8) is 0 Å². The smallest absolute Gasteiger partial charge is 0.292 e. The van der Waals surface area contributed by atoms with Crippen molar-refractivity contribution in [2.45, 2.75) is 39.8 Å². The van der Waals surface area contributed by atoms with Crippen molar-refractivity contribution < 1.29 is 27.3 Å². The number of hydrogen-bond donors (Lipinski definition) is 2. The van der Waals surface area contributed by atoms with E-state index < -0.39 is 0 Å². The molecule has 0 saturated carbocycles. The van der Waals surface area contributed by atoms with Crippen LogP contribution in [0.5, 0.6) is 11.5 Å². The Morgan fingerprint density at radius 1 is 1.13 bits per heavy atom. The van der Waals surface area contributed by atoms with E-state index in [-0.39, 0.29) is 39.6 Å². The summed E-state index contributed by atoms with van der Waals surface area (Å²) in [4.78, 5) is 21.7. The van der Waals surface area contributed by atoms with Crippen LogP contribution >= 0.6 is 0 Å². The van der Waals surface area contributed by atoms with Gasteiger partial charge in [0.2, 0.25) is 0 Å². The quantitative estimate of drug-likeness (QED) is 0.642. The van der Waals surface area contributed by atoms with Crippen LogP contribution in [0.3, 0.4) is 0 Å². The fourth-order valence-corrected chi connectivity index (χ4v) is 1.70. The molecule has 0 aliphatic rings. The minimum Gasteiger partial charge on any atom is -0.529 e. The molecule has 0 aromatic carbocycles. The first-order valence-corrected chi connectivity index (χ1v) is 7.19. The molecule has 2 aromatic rings. The van der Waals surface area contributed by atoms with Gasteiger partial charge < -0.3 is 24.1 Å². The van der Waals surface area contributed by atoms with Crippen LogP contribution in [0, 0.1) is 6.20 Å². The predicted molar refractivity (Wildman–Crippen MR) is 84.2 cm³/mol. The Kier molecular flexibility index (Phi) is 9.78. The second-order valence-electron chi connectivity index (χ2n) is 4.67. The van der Waals surface area contributed by atoms with Crippen LogP contribution in [0.1, 0.15) is 26.7 Å². The van der Waals surface area contributed by atoms with E-state index in [0.717, 1.165) is 19.4 Å². The van der Waals surface area contributed by atoms with E-state index in [9.17, 15) is 9.59 Å². The third kappa shape index (κ3) is 6.76. The Balaban J connectivity index is 0.000000409. The molecule has 2 aromatic heterocycles. The van der Waals surface area contributed by atoms with Crippen LogP contribution < -0.4 is 11.0 Å². The van der Waals surface area contributed by atoms with Crippen LogP contribution in [0.4, 0.5) is 0 Å². The van der Waals surface area contributed by atoms with Gasteiger partial charge in [0.1, 0.15) is 5.43 Å². The Bertz CT molecular complexity index is 710. The zero-order chi connectivity index (χ0) is 16.5. The maximum Gasteiger partial charge on any atom is 0.292 e. The molecule has 2 heterocycles. The maximum absolute atomic E-state index is 10.9. The van der Waals surface area contributed by atoms with Crippen molar-refractivity contribution in [3.05, 3.63) is 57.4 Å². The number of hydrogen-bond acceptors (Lipinski definition) is 4. The summed E-state index contributed by atoms with van der Waals surface area (Å²) in [5.41, 5.74) is -0.701. The van der Waals surface area contributed by atoms with E-state index in [4.69, 9.17) is 10.2 Å². The monoisotopic (exact) mass is 361 g/mol. The number of aromatic hydroxyl groups is 2. The van der Waals surface area contributed by atoms with Crippen molar-refractivity contribution in [1.82, 2.24) is 9.13 Å². The number of rotatable bonds is 4. The molecule has 0 bridgehead atoms. The standard InChI is InChI=1S/C9H12NO2.C7H9NO2.Fe/c1-2-3-5-10-6-4-8(11)9(12)7-10;1-2-8-5-3-4-6(9)7(8)10;/h4,6,12H,2-3,5H2,1H3;3-5,9H,2H2,1H3;/q-1;;. The SMILES string of the molecule is CCCCn1[c-]c(O)c(=O)cc1.CCn1cccc(O)c1=O.[Fe]. The molecule has 0 unspecified atom stereocenters. The van der Waals surface area contributed by atoms with Gasteiger partial charge in [0.25, 0.3) is 5.56 Å². The normalized spacial score (nSPS) is 9.48. The molecule has 0 aliphatic heterocycles. The zero-order valence-corrected chi connectivity index (χ0v) is 14.3. The summed E-state index contributed by atoms with van der Waals surface area (Å²) in [6.07, 6.45) is 7.96. The van der Waals surface area contributed by atoms with Gasteiger partial charge in [-0.15, -0.1) is 12.3 Å². The third-order valence-electron chi connectivity index (χ3n) is 2.98. The molecule has 0 radical (unpaired) electrons. The third-order valence-corrected chi connectivity index (χ3v) is 2.98. The average Bonchev–Trinajstić information content (AvgIpc) is 2.52. The van der Waals surface area contributed by atoms with Crippen molar-refractivity contribution in [2.24, 2.45) is 0 Å². The van der Waals surface area contributed by atoms with E-state index in [2.05, 4.69) is 13.1 Å².